The van der Waals surface area contributed by atoms with Crippen molar-refractivity contribution < 1.29 is 26.3 Å². The van der Waals surface area contributed by atoms with Gasteiger partial charge in [-0.2, -0.15) is 26.3 Å². The maximum atomic E-state index is 12.2. The minimum absolute atomic E-state index is 0.777. The van der Waals surface area contributed by atoms with Crippen molar-refractivity contribution in [3.05, 3.63) is 17.5 Å². The molecule has 1 aromatic heterocycles. The molecule has 0 aliphatic carbocycles. The monoisotopic (exact) mass is 279 g/mol. The van der Waals surface area contributed by atoms with Gasteiger partial charge in [0.2, 0.25) is 11.6 Å². The molecule has 0 bridgehead atoms. The molecule has 0 saturated heterocycles. The third-order valence-electron chi connectivity index (χ3n) is 1.52. The van der Waals surface area contributed by atoms with Crippen LogP contribution in [0.2, 0.25) is 0 Å². The van der Waals surface area contributed by atoms with Crippen LogP contribution in [0.15, 0.2) is 0 Å². The van der Waals surface area contributed by atoms with Gasteiger partial charge in [0.1, 0.15) is 0 Å². The molecule has 1 heterocycles. The number of rotatable bonds is 1. The van der Waals surface area contributed by atoms with Gasteiger partial charge in [0.15, 0.2) is 5.82 Å². The maximum absolute atomic E-state index is 12.2. The highest BCUT2D eigenvalue weighted by atomic mass is 35.5. The summed E-state index contributed by atoms with van der Waals surface area (Å²) < 4.78 is 73.4. The third-order valence-corrected chi connectivity index (χ3v) is 1.71. The van der Waals surface area contributed by atoms with E-state index in [1.807, 2.05) is 0 Å². The van der Waals surface area contributed by atoms with Crippen molar-refractivity contribution >= 4 is 11.6 Å². The van der Waals surface area contributed by atoms with Crippen molar-refractivity contribution in [1.82, 2.24) is 15.0 Å². The molecule has 0 fully saturated rings. The molecule has 0 aromatic carbocycles. The van der Waals surface area contributed by atoms with Gasteiger partial charge in [0.05, 0.1) is 5.38 Å². The fourth-order valence-corrected chi connectivity index (χ4v) is 0.921. The van der Waals surface area contributed by atoms with Gasteiger partial charge >= 0.3 is 12.4 Å². The maximum Gasteiger partial charge on any atom is 0.451 e. The van der Waals surface area contributed by atoms with Crippen molar-refractivity contribution in [2.24, 2.45) is 0 Å². The van der Waals surface area contributed by atoms with Gasteiger partial charge in [0.25, 0.3) is 0 Å². The molecule has 0 radical (unpaired) electrons. The lowest BCUT2D eigenvalue weighted by Crippen LogP contribution is -2.21. The lowest BCUT2D eigenvalue weighted by Gasteiger charge is -2.11. The van der Waals surface area contributed by atoms with E-state index in [-0.39, 0.29) is 0 Å². The van der Waals surface area contributed by atoms with Gasteiger partial charge in [-0.05, 0) is 6.92 Å². The molecule has 1 atom stereocenters. The van der Waals surface area contributed by atoms with Crippen LogP contribution in [0.5, 0.6) is 0 Å². The molecule has 17 heavy (non-hydrogen) atoms. The fraction of sp³-hybridized carbons (Fsp3) is 0.571. The summed E-state index contributed by atoms with van der Waals surface area (Å²) in [6.07, 6.45) is -10.2. The van der Waals surface area contributed by atoms with Gasteiger partial charge in [-0.15, -0.1) is 11.6 Å². The van der Waals surface area contributed by atoms with Crippen LogP contribution in [0.1, 0.15) is 29.8 Å². The Morgan fingerprint density at radius 2 is 1.24 bits per heavy atom. The Hall–Kier alpha value is -1.12. The zero-order chi connectivity index (χ0) is 13.4. The minimum atomic E-state index is -5.09. The first-order chi connectivity index (χ1) is 7.51. The van der Waals surface area contributed by atoms with E-state index in [1.165, 1.54) is 0 Å². The quantitative estimate of drug-likeness (QED) is 0.585. The van der Waals surface area contributed by atoms with Crippen molar-refractivity contribution in [2.75, 3.05) is 0 Å². The summed E-state index contributed by atoms with van der Waals surface area (Å²) in [6, 6.07) is 0. The van der Waals surface area contributed by atoms with E-state index in [4.69, 9.17) is 11.6 Å². The number of aromatic nitrogens is 3. The summed E-state index contributed by atoms with van der Waals surface area (Å²) in [5.74, 6) is -4.61. The molecule has 10 heteroatoms. The van der Waals surface area contributed by atoms with Crippen LogP contribution >= 0.6 is 11.6 Å². The van der Waals surface area contributed by atoms with E-state index in [0.717, 1.165) is 6.92 Å². The van der Waals surface area contributed by atoms with Crippen molar-refractivity contribution in [3.8, 4) is 0 Å². The number of hydrogen-bond acceptors (Lipinski definition) is 3. The topological polar surface area (TPSA) is 38.7 Å². The molecular formula is C7H4ClF6N3. The van der Waals surface area contributed by atoms with Gasteiger partial charge in [-0.1, -0.05) is 0 Å². The Labute approximate surface area is 95.8 Å². The molecule has 96 valence electrons. The van der Waals surface area contributed by atoms with Crippen LogP contribution in [-0.4, -0.2) is 15.0 Å². The Morgan fingerprint density at radius 3 is 1.47 bits per heavy atom. The summed E-state index contributed by atoms with van der Waals surface area (Å²) in [7, 11) is 0. The lowest BCUT2D eigenvalue weighted by atomic mass is 10.4. The molecule has 0 spiro atoms. The molecule has 3 nitrogen and oxygen atoms in total. The highest BCUT2D eigenvalue weighted by molar-refractivity contribution is 6.20. The fourth-order valence-electron chi connectivity index (χ4n) is 0.824. The Kier molecular flexibility index (Phi) is 3.51. The van der Waals surface area contributed by atoms with E-state index >= 15 is 0 Å². The van der Waals surface area contributed by atoms with Crippen molar-refractivity contribution in [1.29, 1.82) is 0 Å². The lowest BCUT2D eigenvalue weighted by molar-refractivity contribution is -0.155. The van der Waals surface area contributed by atoms with Gasteiger partial charge in [-0.3, -0.25) is 0 Å². The van der Waals surface area contributed by atoms with Crippen LogP contribution < -0.4 is 0 Å². The summed E-state index contributed by atoms with van der Waals surface area (Å²) in [6.45, 7) is 1.15. The predicted molar refractivity (Wildman–Crippen MR) is 44.1 cm³/mol. The molecular weight excluding hydrogens is 276 g/mol. The molecule has 1 unspecified atom stereocenters. The highest BCUT2D eigenvalue weighted by Gasteiger charge is 2.41. The molecule has 0 aliphatic rings. The molecule has 1 rings (SSSR count). The number of hydrogen-bond donors (Lipinski definition) is 0. The van der Waals surface area contributed by atoms with E-state index in [0.29, 0.717) is 0 Å². The molecule has 0 saturated carbocycles. The SMILES string of the molecule is CC(Cl)c1nc(C(F)(F)F)nc(C(F)(F)F)n1. The second-order valence-electron chi connectivity index (χ2n) is 2.95. The Balaban J connectivity index is 3.40. The van der Waals surface area contributed by atoms with Crippen molar-refractivity contribution in [2.45, 2.75) is 24.7 Å². The summed E-state index contributed by atoms with van der Waals surface area (Å²) >= 11 is 5.36. The number of alkyl halides is 7. The predicted octanol–water partition coefficient (Wildman–Crippen LogP) is 3.21. The first-order valence-electron chi connectivity index (χ1n) is 4.06. The Bertz CT molecular complexity index is 381. The third kappa shape index (κ3) is 3.42. The standard InChI is InChI=1S/C7H4ClF6N3/c1-2(8)3-15-4(6(9,10)11)17-5(16-3)7(12,13)14/h2H,1H3. The smallest absolute Gasteiger partial charge is 0.208 e. The minimum Gasteiger partial charge on any atom is -0.208 e. The first kappa shape index (κ1) is 13.9. The number of nitrogens with zero attached hydrogens (tertiary/aromatic N) is 3. The van der Waals surface area contributed by atoms with Crippen molar-refractivity contribution in [3.63, 3.8) is 0 Å². The van der Waals surface area contributed by atoms with Gasteiger partial charge in [0, 0.05) is 0 Å². The van der Waals surface area contributed by atoms with E-state index in [1.54, 1.807) is 0 Å². The highest BCUT2D eigenvalue weighted by Crippen LogP contribution is 2.32. The van der Waals surface area contributed by atoms with Crippen LogP contribution in [0.25, 0.3) is 0 Å². The summed E-state index contributed by atoms with van der Waals surface area (Å²) in [4.78, 5) is 8.00. The van der Waals surface area contributed by atoms with Gasteiger partial charge in [-0.25, -0.2) is 15.0 Å². The summed E-state index contributed by atoms with van der Waals surface area (Å²) in [5.41, 5.74) is 0. The largest absolute Gasteiger partial charge is 0.451 e. The van der Waals surface area contributed by atoms with Gasteiger partial charge < -0.3 is 0 Å². The molecule has 0 aliphatic heterocycles. The molecule has 0 N–H and O–H groups in total. The second kappa shape index (κ2) is 4.28. The molecule has 1 aromatic rings. The summed E-state index contributed by atoms with van der Waals surface area (Å²) in [5, 5.41) is -1.19. The first-order valence-corrected chi connectivity index (χ1v) is 4.50. The van der Waals surface area contributed by atoms with Crippen LogP contribution in [-0.2, 0) is 12.4 Å². The van der Waals surface area contributed by atoms with E-state index in [2.05, 4.69) is 15.0 Å². The normalized spacial score (nSPS) is 14.8. The zero-order valence-electron chi connectivity index (χ0n) is 8.06. The second-order valence-corrected chi connectivity index (χ2v) is 3.61. The van der Waals surface area contributed by atoms with Crippen LogP contribution in [0, 0.1) is 0 Å². The average Bonchev–Trinajstić information content (AvgIpc) is 2.14. The van der Waals surface area contributed by atoms with E-state index < -0.39 is 35.2 Å². The Morgan fingerprint density at radius 1 is 0.882 bits per heavy atom. The van der Waals surface area contributed by atoms with Crippen LogP contribution in [0.4, 0.5) is 26.3 Å². The average molecular weight is 280 g/mol. The zero-order valence-corrected chi connectivity index (χ0v) is 8.82. The number of halogens is 7. The van der Waals surface area contributed by atoms with E-state index in [9.17, 15) is 26.3 Å². The molecule has 0 amide bonds. The van der Waals surface area contributed by atoms with Crippen LogP contribution in [0.3, 0.4) is 0 Å².